The molecule has 1 fully saturated rings. The Kier molecular flexibility index (Phi) is 5.27. The smallest absolute Gasteiger partial charge is 0.224 e. The van der Waals surface area contributed by atoms with Gasteiger partial charge in [-0.3, -0.25) is 9.59 Å². The quantitative estimate of drug-likeness (QED) is 0.911. The molecule has 0 radical (unpaired) electrons. The van der Waals surface area contributed by atoms with Crippen LogP contribution in [0.25, 0.3) is 0 Å². The first-order chi connectivity index (χ1) is 10.0. The Balaban J connectivity index is 1.73. The number of halogens is 1. The van der Waals surface area contributed by atoms with Gasteiger partial charge in [-0.2, -0.15) is 0 Å². The lowest BCUT2D eigenvalue weighted by Crippen LogP contribution is -2.47. The summed E-state index contributed by atoms with van der Waals surface area (Å²) in [6, 6.07) is 5.56. The average Bonchev–Trinajstić information content (AvgIpc) is 2.48. The minimum absolute atomic E-state index is 0.0114. The summed E-state index contributed by atoms with van der Waals surface area (Å²) in [4.78, 5) is 27.7. The van der Waals surface area contributed by atoms with E-state index in [1.807, 2.05) is 7.05 Å². The number of hydrogen-bond acceptors (Lipinski definition) is 3. The molecule has 0 unspecified atom stereocenters. The van der Waals surface area contributed by atoms with E-state index in [2.05, 4.69) is 10.2 Å². The number of nitrogens with zero attached hydrogens (tertiary/aromatic N) is 2. The van der Waals surface area contributed by atoms with Gasteiger partial charge in [0.05, 0.1) is 0 Å². The van der Waals surface area contributed by atoms with Crippen LogP contribution in [0.1, 0.15) is 12.8 Å². The number of nitrogens with one attached hydrogen (secondary N) is 1. The summed E-state index contributed by atoms with van der Waals surface area (Å²) in [7, 11) is 2.03. The number of piperazine rings is 1. The van der Waals surface area contributed by atoms with Crippen molar-refractivity contribution in [2.24, 2.45) is 0 Å². The monoisotopic (exact) mass is 293 g/mol. The van der Waals surface area contributed by atoms with E-state index in [4.69, 9.17) is 0 Å². The molecular weight excluding hydrogens is 273 g/mol. The summed E-state index contributed by atoms with van der Waals surface area (Å²) in [6.45, 7) is 3.17. The number of carbonyl (C=O) groups is 2. The van der Waals surface area contributed by atoms with Gasteiger partial charge in [-0.15, -0.1) is 0 Å². The summed E-state index contributed by atoms with van der Waals surface area (Å²) in [5.74, 6) is -0.570. The highest BCUT2D eigenvalue weighted by molar-refractivity contribution is 5.93. The van der Waals surface area contributed by atoms with Gasteiger partial charge in [0.15, 0.2) is 0 Å². The van der Waals surface area contributed by atoms with Crippen LogP contribution in [0.5, 0.6) is 0 Å². The molecule has 0 aliphatic carbocycles. The second-order valence-electron chi connectivity index (χ2n) is 5.24. The van der Waals surface area contributed by atoms with Gasteiger partial charge in [-0.1, -0.05) is 0 Å². The molecule has 0 spiro atoms. The third-order valence-electron chi connectivity index (χ3n) is 3.55. The SMILES string of the molecule is CN1CCN(C(=O)CCC(=O)Nc2ccc(F)cc2)CC1. The number of benzene rings is 1. The van der Waals surface area contributed by atoms with E-state index in [1.54, 1.807) is 4.90 Å². The lowest BCUT2D eigenvalue weighted by Gasteiger charge is -2.32. The first kappa shape index (κ1) is 15.4. The van der Waals surface area contributed by atoms with Crippen molar-refractivity contribution in [1.82, 2.24) is 9.80 Å². The Morgan fingerprint density at radius 2 is 1.71 bits per heavy atom. The lowest BCUT2D eigenvalue weighted by atomic mass is 10.2. The molecule has 6 heteroatoms. The van der Waals surface area contributed by atoms with Crippen LogP contribution in [0.3, 0.4) is 0 Å². The Morgan fingerprint density at radius 3 is 2.33 bits per heavy atom. The van der Waals surface area contributed by atoms with E-state index >= 15 is 0 Å². The van der Waals surface area contributed by atoms with Crippen molar-refractivity contribution in [3.8, 4) is 0 Å². The average molecular weight is 293 g/mol. The normalized spacial score (nSPS) is 15.8. The topological polar surface area (TPSA) is 52.7 Å². The largest absolute Gasteiger partial charge is 0.340 e. The summed E-state index contributed by atoms with van der Waals surface area (Å²) in [5, 5.41) is 2.65. The molecule has 1 heterocycles. The van der Waals surface area contributed by atoms with Gasteiger partial charge in [0.25, 0.3) is 0 Å². The predicted octanol–water partition coefficient (Wildman–Crippen LogP) is 1.32. The molecule has 0 atom stereocenters. The van der Waals surface area contributed by atoms with Crippen LogP contribution in [0.4, 0.5) is 10.1 Å². The molecule has 1 saturated heterocycles. The first-order valence-electron chi connectivity index (χ1n) is 7.06. The third-order valence-corrected chi connectivity index (χ3v) is 3.55. The Morgan fingerprint density at radius 1 is 1.10 bits per heavy atom. The van der Waals surface area contributed by atoms with Crippen molar-refractivity contribution in [1.29, 1.82) is 0 Å². The highest BCUT2D eigenvalue weighted by Crippen LogP contribution is 2.10. The molecule has 1 aromatic rings. The van der Waals surface area contributed by atoms with Gasteiger partial charge >= 0.3 is 0 Å². The zero-order valence-corrected chi connectivity index (χ0v) is 12.1. The molecule has 1 aromatic carbocycles. The minimum Gasteiger partial charge on any atom is -0.340 e. The number of carbonyl (C=O) groups excluding carboxylic acids is 2. The fourth-order valence-electron chi connectivity index (χ4n) is 2.19. The zero-order valence-electron chi connectivity index (χ0n) is 12.1. The summed E-state index contributed by atoms with van der Waals surface area (Å²) in [5.41, 5.74) is 0.536. The molecule has 2 amide bonds. The number of likely N-dealkylation sites (N-methyl/N-ethyl adjacent to an activating group) is 1. The number of amides is 2. The highest BCUT2D eigenvalue weighted by atomic mass is 19.1. The van der Waals surface area contributed by atoms with Gasteiger partial charge in [-0.05, 0) is 31.3 Å². The fraction of sp³-hybridized carbons (Fsp3) is 0.467. The third kappa shape index (κ3) is 4.82. The molecule has 1 aliphatic rings. The van der Waals surface area contributed by atoms with E-state index < -0.39 is 0 Å². The van der Waals surface area contributed by atoms with E-state index in [9.17, 15) is 14.0 Å². The van der Waals surface area contributed by atoms with Crippen molar-refractivity contribution in [2.75, 3.05) is 38.5 Å². The second-order valence-corrected chi connectivity index (χ2v) is 5.24. The lowest BCUT2D eigenvalue weighted by molar-refractivity contribution is -0.134. The Labute approximate surface area is 123 Å². The van der Waals surface area contributed by atoms with Crippen LogP contribution < -0.4 is 5.32 Å². The van der Waals surface area contributed by atoms with Crippen molar-refractivity contribution < 1.29 is 14.0 Å². The van der Waals surface area contributed by atoms with Crippen LogP contribution in [0.2, 0.25) is 0 Å². The van der Waals surface area contributed by atoms with Gasteiger partial charge in [0, 0.05) is 44.7 Å². The molecule has 1 aliphatic heterocycles. The zero-order chi connectivity index (χ0) is 15.2. The Hall–Kier alpha value is -1.95. The van der Waals surface area contributed by atoms with Gasteiger partial charge in [-0.25, -0.2) is 4.39 Å². The van der Waals surface area contributed by atoms with Gasteiger partial charge < -0.3 is 15.1 Å². The summed E-state index contributed by atoms with van der Waals surface area (Å²) < 4.78 is 12.7. The Bertz CT molecular complexity index is 496. The van der Waals surface area contributed by atoms with E-state index in [0.29, 0.717) is 5.69 Å². The van der Waals surface area contributed by atoms with Crippen LogP contribution in [-0.4, -0.2) is 54.8 Å². The van der Waals surface area contributed by atoms with Crippen molar-refractivity contribution in [3.63, 3.8) is 0 Å². The highest BCUT2D eigenvalue weighted by Gasteiger charge is 2.19. The van der Waals surface area contributed by atoms with Gasteiger partial charge in [0.2, 0.25) is 11.8 Å². The molecule has 5 nitrogen and oxygen atoms in total. The molecule has 1 N–H and O–H groups in total. The van der Waals surface area contributed by atoms with Crippen molar-refractivity contribution >= 4 is 17.5 Å². The number of rotatable bonds is 4. The van der Waals surface area contributed by atoms with E-state index in [-0.39, 0.29) is 30.5 Å². The number of hydrogen-bond donors (Lipinski definition) is 1. The summed E-state index contributed by atoms with van der Waals surface area (Å²) in [6.07, 6.45) is 0.347. The fourth-order valence-corrected chi connectivity index (χ4v) is 2.19. The molecule has 114 valence electrons. The molecule has 21 heavy (non-hydrogen) atoms. The predicted molar refractivity (Wildman–Crippen MR) is 78.3 cm³/mol. The van der Waals surface area contributed by atoms with Crippen LogP contribution in [0, 0.1) is 5.82 Å². The maximum absolute atomic E-state index is 12.7. The van der Waals surface area contributed by atoms with Crippen LogP contribution in [0.15, 0.2) is 24.3 Å². The molecule has 0 saturated carbocycles. The molecular formula is C15H20FN3O2. The van der Waals surface area contributed by atoms with E-state index in [0.717, 1.165) is 26.2 Å². The summed E-state index contributed by atoms with van der Waals surface area (Å²) >= 11 is 0. The van der Waals surface area contributed by atoms with E-state index in [1.165, 1.54) is 24.3 Å². The molecule has 0 aromatic heterocycles. The number of anilines is 1. The second kappa shape index (κ2) is 7.17. The first-order valence-corrected chi connectivity index (χ1v) is 7.06. The maximum Gasteiger partial charge on any atom is 0.224 e. The van der Waals surface area contributed by atoms with Crippen LogP contribution in [-0.2, 0) is 9.59 Å². The molecule has 0 bridgehead atoms. The molecule has 2 rings (SSSR count). The van der Waals surface area contributed by atoms with Crippen molar-refractivity contribution in [3.05, 3.63) is 30.1 Å². The van der Waals surface area contributed by atoms with Crippen molar-refractivity contribution in [2.45, 2.75) is 12.8 Å². The van der Waals surface area contributed by atoms with Gasteiger partial charge in [0.1, 0.15) is 5.82 Å². The maximum atomic E-state index is 12.7. The standard InChI is InChI=1S/C15H20FN3O2/c1-18-8-10-19(11-9-18)15(21)7-6-14(20)17-13-4-2-12(16)3-5-13/h2-5H,6-11H2,1H3,(H,17,20). The minimum atomic E-state index is -0.349. The van der Waals surface area contributed by atoms with Crippen LogP contribution >= 0.6 is 0 Å².